The quantitative estimate of drug-likeness (QED) is 0.812. The fraction of sp³-hybridized carbons (Fsp3) is 0.600. The third-order valence-electron chi connectivity index (χ3n) is 5.56. The summed E-state index contributed by atoms with van der Waals surface area (Å²) < 4.78 is 0. The average Bonchev–Trinajstić information content (AvgIpc) is 3.37. The van der Waals surface area contributed by atoms with Crippen LogP contribution >= 0.6 is 0 Å². The van der Waals surface area contributed by atoms with E-state index < -0.39 is 0 Å². The first-order valence-electron chi connectivity index (χ1n) is 9.55. The number of nitrogens with one attached hydrogen (secondary N) is 2. The van der Waals surface area contributed by atoms with Gasteiger partial charge >= 0.3 is 0 Å². The molecule has 6 heteroatoms. The summed E-state index contributed by atoms with van der Waals surface area (Å²) >= 11 is 0. The minimum atomic E-state index is -0.0955. The van der Waals surface area contributed by atoms with Gasteiger partial charge in [0, 0.05) is 55.9 Å². The molecule has 0 radical (unpaired) electrons. The molecule has 1 aliphatic heterocycles. The highest BCUT2D eigenvalue weighted by atomic mass is 16.2. The average molecular weight is 358 g/mol. The van der Waals surface area contributed by atoms with Gasteiger partial charge < -0.3 is 15.5 Å². The molecule has 2 amide bonds. The zero-order valence-corrected chi connectivity index (χ0v) is 16.0. The summed E-state index contributed by atoms with van der Waals surface area (Å²) in [6, 6.07) is 7.48. The fourth-order valence-corrected chi connectivity index (χ4v) is 3.39. The van der Waals surface area contributed by atoms with Crippen molar-refractivity contribution in [3.8, 4) is 0 Å². The molecule has 1 heterocycles. The highest BCUT2D eigenvalue weighted by molar-refractivity contribution is 5.98. The summed E-state index contributed by atoms with van der Waals surface area (Å²) in [7, 11) is 2.14. The summed E-state index contributed by atoms with van der Waals surface area (Å²) in [5.74, 6) is 0.551. The van der Waals surface area contributed by atoms with Crippen LogP contribution in [0.2, 0.25) is 0 Å². The van der Waals surface area contributed by atoms with Crippen molar-refractivity contribution in [2.24, 2.45) is 11.8 Å². The standard InChI is InChI=1S/C20H30N4O2/c1-14-11-18(14)20(26)22-17-6-4-5-16(12-17)19(25)21-13-15(2)24-9-7-23(3)8-10-24/h4-6,12,14-15,18H,7-11,13H2,1-3H3,(H,21,25)(H,22,26). The lowest BCUT2D eigenvalue weighted by Crippen LogP contribution is -2.51. The van der Waals surface area contributed by atoms with Crippen LogP contribution in [0.5, 0.6) is 0 Å². The van der Waals surface area contributed by atoms with Crippen LogP contribution in [0.1, 0.15) is 30.6 Å². The van der Waals surface area contributed by atoms with Crippen LogP contribution in [0.25, 0.3) is 0 Å². The van der Waals surface area contributed by atoms with E-state index in [-0.39, 0.29) is 17.7 Å². The van der Waals surface area contributed by atoms with Crippen molar-refractivity contribution in [3.05, 3.63) is 29.8 Å². The van der Waals surface area contributed by atoms with E-state index >= 15 is 0 Å². The van der Waals surface area contributed by atoms with E-state index in [1.807, 2.05) is 12.1 Å². The number of amides is 2. The van der Waals surface area contributed by atoms with E-state index in [9.17, 15) is 9.59 Å². The number of anilines is 1. The zero-order chi connectivity index (χ0) is 18.7. The lowest BCUT2D eigenvalue weighted by molar-refractivity contribution is -0.117. The van der Waals surface area contributed by atoms with E-state index in [4.69, 9.17) is 0 Å². The number of hydrogen-bond acceptors (Lipinski definition) is 4. The highest BCUT2D eigenvalue weighted by Crippen LogP contribution is 2.38. The van der Waals surface area contributed by atoms with Crippen LogP contribution in [0.3, 0.4) is 0 Å². The van der Waals surface area contributed by atoms with Crippen LogP contribution in [0.4, 0.5) is 5.69 Å². The van der Waals surface area contributed by atoms with Crippen LogP contribution in [-0.4, -0.2) is 67.4 Å². The van der Waals surface area contributed by atoms with Gasteiger partial charge in [-0.25, -0.2) is 0 Å². The van der Waals surface area contributed by atoms with Crippen LogP contribution < -0.4 is 10.6 Å². The van der Waals surface area contributed by atoms with E-state index in [1.165, 1.54) is 0 Å². The predicted octanol–water partition coefficient (Wildman–Crippen LogP) is 1.65. The van der Waals surface area contributed by atoms with Crippen molar-refractivity contribution < 1.29 is 9.59 Å². The number of likely N-dealkylation sites (N-methyl/N-ethyl adjacent to an activating group) is 1. The number of benzene rings is 1. The normalized spacial score (nSPS) is 24.7. The molecule has 2 aliphatic rings. The van der Waals surface area contributed by atoms with E-state index in [1.54, 1.807) is 12.1 Å². The molecule has 3 unspecified atom stereocenters. The molecule has 1 aliphatic carbocycles. The van der Waals surface area contributed by atoms with Gasteiger partial charge in [-0.15, -0.1) is 0 Å². The zero-order valence-electron chi connectivity index (χ0n) is 16.0. The Bertz CT molecular complexity index is 655. The number of piperazine rings is 1. The molecule has 1 aromatic rings. The lowest BCUT2D eigenvalue weighted by atomic mass is 10.1. The Balaban J connectivity index is 1.49. The largest absolute Gasteiger partial charge is 0.350 e. The molecule has 2 fully saturated rings. The van der Waals surface area contributed by atoms with Crippen LogP contribution in [0.15, 0.2) is 24.3 Å². The second-order valence-electron chi connectivity index (χ2n) is 7.79. The van der Waals surface area contributed by atoms with Gasteiger partial charge in [-0.05, 0) is 44.5 Å². The molecule has 2 N–H and O–H groups in total. The first-order chi connectivity index (χ1) is 12.4. The number of rotatable bonds is 6. The Hall–Kier alpha value is -1.92. The van der Waals surface area contributed by atoms with E-state index in [0.29, 0.717) is 29.8 Å². The topological polar surface area (TPSA) is 64.7 Å². The monoisotopic (exact) mass is 358 g/mol. The molecule has 26 heavy (non-hydrogen) atoms. The SMILES string of the molecule is CC1CC1C(=O)Nc1cccc(C(=O)NCC(C)N2CCN(C)CC2)c1. The molecule has 1 saturated carbocycles. The molecular weight excluding hydrogens is 328 g/mol. The number of nitrogens with zero attached hydrogens (tertiary/aromatic N) is 2. The first kappa shape index (κ1) is 18.9. The van der Waals surface area contributed by atoms with Gasteiger partial charge in [0.2, 0.25) is 5.91 Å². The Kier molecular flexibility index (Phi) is 5.94. The van der Waals surface area contributed by atoms with Gasteiger partial charge in [-0.3, -0.25) is 14.5 Å². The third kappa shape index (κ3) is 4.83. The molecule has 1 aromatic carbocycles. The minimum Gasteiger partial charge on any atom is -0.350 e. The molecule has 3 rings (SSSR count). The molecule has 142 valence electrons. The lowest BCUT2D eigenvalue weighted by Gasteiger charge is -2.36. The van der Waals surface area contributed by atoms with E-state index in [0.717, 1.165) is 32.6 Å². The summed E-state index contributed by atoms with van der Waals surface area (Å²) in [5.41, 5.74) is 1.27. The highest BCUT2D eigenvalue weighted by Gasteiger charge is 2.39. The predicted molar refractivity (Wildman–Crippen MR) is 103 cm³/mol. The summed E-state index contributed by atoms with van der Waals surface area (Å²) in [6.07, 6.45) is 0.955. The molecule has 0 spiro atoms. The molecule has 1 saturated heterocycles. The van der Waals surface area contributed by atoms with E-state index in [2.05, 4.69) is 41.3 Å². The van der Waals surface area contributed by atoms with Crippen molar-refractivity contribution in [3.63, 3.8) is 0 Å². The molecule has 0 bridgehead atoms. The van der Waals surface area contributed by atoms with Crippen molar-refractivity contribution >= 4 is 17.5 Å². The number of hydrogen-bond donors (Lipinski definition) is 2. The van der Waals surface area contributed by atoms with Crippen molar-refractivity contribution in [2.45, 2.75) is 26.3 Å². The van der Waals surface area contributed by atoms with Gasteiger partial charge in [0.1, 0.15) is 0 Å². The third-order valence-corrected chi connectivity index (χ3v) is 5.56. The maximum Gasteiger partial charge on any atom is 0.251 e. The summed E-state index contributed by atoms with van der Waals surface area (Å²) in [6.45, 7) is 9.07. The summed E-state index contributed by atoms with van der Waals surface area (Å²) in [4.78, 5) is 29.3. The maximum atomic E-state index is 12.5. The Morgan fingerprint density at radius 1 is 1.23 bits per heavy atom. The minimum absolute atomic E-state index is 0.0544. The van der Waals surface area contributed by atoms with Gasteiger partial charge in [0.15, 0.2) is 0 Å². The first-order valence-corrected chi connectivity index (χ1v) is 9.55. The number of carbonyl (C=O) groups excluding carboxylic acids is 2. The smallest absolute Gasteiger partial charge is 0.251 e. The van der Waals surface area contributed by atoms with Gasteiger partial charge in [-0.1, -0.05) is 13.0 Å². The maximum absolute atomic E-state index is 12.5. The Morgan fingerprint density at radius 3 is 2.58 bits per heavy atom. The van der Waals surface area contributed by atoms with Gasteiger partial charge in [0.05, 0.1) is 0 Å². The van der Waals surface area contributed by atoms with Crippen molar-refractivity contribution in [2.75, 3.05) is 45.1 Å². The molecular formula is C20H30N4O2. The molecule has 3 atom stereocenters. The Labute approximate surface area is 155 Å². The van der Waals surface area contributed by atoms with Crippen LogP contribution in [0, 0.1) is 11.8 Å². The Morgan fingerprint density at radius 2 is 1.92 bits per heavy atom. The molecule has 6 nitrogen and oxygen atoms in total. The van der Waals surface area contributed by atoms with Gasteiger partial charge in [-0.2, -0.15) is 0 Å². The van der Waals surface area contributed by atoms with Gasteiger partial charge in [0.25, 0.3) is 5.91 Å². The second-order valence-corrected chi connectivity index (χ2v) is 7.79. The van der Waals surface area contributed by atoms with Crippen LogP contribution in [-0.2, 0) is 4.79 Å². The number of carbonyl (C=O) groups is 2. The van der Waals surface area contributed by atoms with Crippen molar-refractivity contribution in [1.29, 1.82) is 0 Å². The summed E-state index contributed by atoms with van der Waals surface area (Å²) in [5, 5.41) is 5.94. The molecule has 0 aromatic heterocycles. The second kappa shape index (κ2) is 8.18. The fourth-order valence-electron chi connectivity index (χ4n) is 3.39. The van der Waals surface area contributed by atoms with Crippen molar-refractivity contribution in [1.82, 2.24) is 15.1 Å².